The number of benzene rings is 1. The molecule has 1 aromatic rings. The van der Waals surface area contributed by atoms with Crippen LogP contribution in [0.2, 0.25) is 0 Å². The fourth-order valence-electron chi connectivity index (χ4n) is 3.18. The number of carbonyl (C=O) groups is 2. The van der Waals surface area contributed by atoms with Crippen molar-refractivity contribution in [2.75, 3.05) is 19.8 Å². The summed E-state index contributed by atoms with van der Waals surface area (Å²) in [6.45, 7) is 3.84. The van der Waals surface area contributed by atoms with Crippen molar-refractivity contribution in [3.63, 3.8) is 0 Å². The standard InChI is InChI=1S/C20H30N2O5/c1-16(24)21-27-20(25)10-3-5-12-26-19-9-6-7-17(13-19)14-22-11-4-2-8-18(22)15-23/h6-7,9,13,18,23H,2-5,8,10-12,14-15H2,1H3,(H,21,24). The van der Waals surface area contributed by atoms with Gasteiger partial charge in [-0.1, -0.05) is 18.6 Å². The average molecular weight is 378 g/mol. The number of hydrogen-bond donors (Lipinski definition) is 2. The van der Waals surface area contributed by atoms with E-state index in [1.807, 2.05) is 23.7 Å². The minimum atomic E-state index is -0.452. The summed E-state index contributed by atoms with van der Waals surface area (Å²) in [5, 5.41) is 9.54. The maximum absolute atomic E-state index is 11.4. The molecule has 0 spiro atoms. The predicted octanol–water partition coefficient (Wildman–Crippen LogP) is 2.18. The molecule has 150 valence electrons. The van der Waals surface area contributed by atoms with Gasteiger partial charge in [0, 0.05) is 25.9 Å². The van der Waals surface area contributed by atoms with E-state index in [4.69, 9.17) is 4.74 Å². The van der Waals surface area contributed by atoms with Crippen LogP contribution in [0.1, 0.15) is 51.0 Å². The van der Waals surface area contributed by atoms with E-state index >= 15 is 0 Å². The van der Waals surface area contributed by atoms with E-state index in [2.05, 4.69) is 15.8 Å². The van der Waals surface area contributed by atoms with E-state index in [0.29, 0.717) is 13.0 Å². The third-order valence-electron chi connectivity index (χ3n) is 4.60. The molecular formula is C20H30N2O5. The quantitative estimate of drug-likeness (QED) is 0.506. The summed E-state index contributed by atoms with van der Waals surface area (Å²) >= 11 is 0. The zero-order chi connectivity index (χ0) is 19.5. The van der Waals surface area contributed by atoms with E-state index in [0.717, 1.165) is 31.7 Å². The molecule has 0 radical (unpaired) electrons. The molecule has 1 unspecified atom stereocenters. The summed E-state index contributed by atoms with van der Waals surface area (Å²) in [5.74, 6) is -0.0422. The van der Waals surface area contributed by atoms with Gasteiger partial charge in [0.25, 0.3) is 0 Å². The molecule has 0 aliphatic carbocycles. The van der Waals surface area contributed by atoms with Crippen LogP contribution >= 0.6 is 0 Å². The molecule has 1 fully saturated rings. The first kappa shape index (κ1) is 21.2. The summed E-state index contributed by atoms with van der Waals surface area (Å²) < 4.78 is 5.78. The topological polar surface area (TPSA) is 88.1 Å². The maximum atomic E-state index is 11.4. The van der Waals surface area contributed by atoms with Crippen molar-refractivity contribution in [2.24, 2.45) is 0 Å². The number of aliphatic hydroxyl groups is 1. The molecule has 1 aromatic carbocycles. The molecule has 0 bridgehead atoms. The normalized spacial score (nSPS) is 17.3. The number of piperidine rings is 1. The van der Waals surface area contributed by atoms with Gasteiger partial charge in [-0.3, -0.25) is 9.69 Å². The molecule has 27 heavy (non-hydrogen) atoms. The Labute approximate surface area is 160 Å². The van der Waals surface area contributed by atoms with Gasteiger partial charge in [-0.05, 0) is 49.9 Å². The molecule has 1 atom stereocenters. The second kappa shape index (κ2) is 11.6. The minimum absolute atomic E-state index is 0.209. The van der Waals surface area contributed by atoms with Gasteiger partial charge in [0.2, 0.25) is 5.91 Å². The maximum Gasteiger partial charge on any atom is 0.332 e. The molecule has 1 amide bonds. The fourth-order valence-corrected chi connectivity index (χ4v) is 3.18. The van der Waals surface area contributed by atoms with Gasteiger partial charge >= 0.3 is 5.97 Å². The highest BCUT2D eigenvalue weighted by molar-refractivity contribution is 5.75. The van der Waals surface area contributed by atoms with Crippen molar-refractivity contribution in [3.8, 4) is 5.75 Å². The lowest BCUT2D eigenvalue weighted by atomic mass is 10.0. The van der Waals surface area contributed by atoms with Crippen molar-refractivity contribution in [1.29, 1.82) is 0 Å². The Bertz CT molecular complexity index is 608. The summed E-state index contributed by atoms with van der Waals surface area (Å²) in [6, 6.07) is 8.27. The third kappa shape index (κ3) is 7.97. The highest BCUT2D eigenvalue weighted by atomic mass is 16.7. The highest BCUT2D eigenvalue weighted by Crippen LogP contribution is 2.21. The number of rotatable bonds is 9. The van der Waals surface area contributed by atoms with E-state index in [-0.39, 0.29) is 19.1 Å². The second-order valence-corrected chi connectivity index (χ2v) is 6.89. The summed E-state index contributed by atoms with van der Waals surface area (Å²) in [4.78, 5) is 28.9. The van der Waals surface area contributed by atoms with Gasteiger partial charge < -0.3 is 14.7 Å². The lowest BCUT2D eigenvalue weighted by molar-refractivity contribution is -0.157. The smallest absolute Gasteiger partial charge is 0.332 e. The Hall–Kier alpha value is -2.12. The first-order chi connectivity index (χ1) is 13.1. The van der Waals surface area contributed by atoms with Crippen LogP contribution in [-0.2, 0) is 21.0 Å². The fraction of sp³-hybridized carbons (Fsp3) is 0.600. The zero-order valence-corrected chi connectivity index (χ0v) is 16.0. The van der Waals surface area contributed by atoms with Crippen LogP contribution in [0.5, 0.6) is 5.75 Å². The molecule has 1 aliphatic heterocycles. The molecule has 0 aromatic heterocycles. The molecule has 7 nitrogen and oxygen atoms in total. The van der Waals surface area contributed by atoms with E-state index < -0.39 is 11.9 Å². The molecule has 0 saturated carbocycles. The van der Waals surface area contributed by atoms with Gasteiger partial charge in [-0.15, -0.1) is 0 Å². The third-order valence-corrected chi connectivity index (χ3v) is 4.60. The van der Waals surface area contributed by atoms with Crippen molar-refractivity contribution in [3.05, 3.63) is 29.8 Å². The number of carbonyl (C=O) groups excluding carboxylic acids is 2. The number of likely N-dealkylation sites (tertiary alicyclic amines) is 1. The van der Waals surface area contributed by atoms with E-state index in [1.54, 1.807) is 0 Å². The number of nitrogens with one attached hydrogen (secondary N) is 1. The lowest BCUT2D eigenvalue weighted by Gasteiger charge is -2.34. The molecule has 1 heterocycles. The van der Waals surface area contributed by atoms with Gasteiger partial charge in [-0.2, -0.15) is 5.48 Å². The Morgan fingerprint density at radius 2 is 2.15 bits per heavy atom. The van der Waals surface area contributed by atoms with Crippen LogP contribution in [0.15, 0.2) is 24.3 Å². The average Bonchev–Trinajstić information content (AvgIpc) is 2.67. The Kier molecular flexibility index (Phi) is 9.07. The first-order valence-corrected chi connectivity index (χ1v) is 9.61. The van der Waals surface area contributed by atoms with E-state index in [9.17, 15) is 14.7 Å². The molecule has 7 heteroatoms. The summed E-state index contributed by atoms with van der Waals surface area (Å²) in [7, 11) is 0. The van der Waals surface area contributed by atoms with Crippen molar-refractivity contribution < 1.29 is 24.3 Å². The van der Waals surface area contributed by atoms with Crippen LogP contribution in [-0.4, -0.2) is 47.7 Å². The summed E-state index contributed by atoms with van der Waals surface area (Å²) in [6.07, 6.45) is 5.00. The van der Waals surface area contributed by atoms with E-state index in [1.165, 1.54) is 25.3 Å². The van der Waals surface area contributed by atoms with Gasteiger partial charge in [0.15, 0.2) is 0 Å². The number of aliphatic hydroxyl groups excluding tert-OH is 1. The number of hydroxylamine groups is 1. The van der Waals surface area contributed by atoms with Gasteiger partial charge in [0.1, 0.15) is 5.75 Å². The molecule has 2 N–H and O–H groups in total. The zero-order valence-electron chi connectivity index (χ0n) is 16.0. The van der Waals surface area contributed by atoms with Crippen LogP contribution in [0.3, 0.4) is 0 Å². The van der Waals surface area contributed by atoms with Crippen molar-refractivity contribution in [2.45, 2.75) is 58.0 Å². The molecule has 2 rings (SSSR count). The Morgan fingerprint density at radius 1 is 1.30 bits per heavy atom. The first-order valence-electron chi connectivity index (χ1n) is 9.61. The lowest BCUT2D eigenvalue weighted by Crippen LogP contribution is -2.41. The van der Waals surface area contributed by atoms with Crippen molar-refractivity contribution >= 4 is 11.9 Å². The number of unbranched alkanes of at least 4 members (excludes halogenated alkanes) is 1. The SMILES string of the molecule is CC(=O)NOC(=O)CCCCOc1cccc(CN2CCCCC2CO)c1. The van der Waals surface area contributed by atoms with Crippen LogP contribution in [0, 0.1) is 0 Å². The Morgan fingerprint density at radius 3 is 2.93 bits per heavy atom. The number of nitrogens with zero attached hydrogens (tertiary/aromatic N) is 1. The predicted molar refractivity (Wildman–Crippen MR) is 101 cm³/mol. The number of hydrogen-bond acceptors (Lipinski definition) is 6. The van der Waals surface area contributed by atoms with Crippen LogP contribution < -0.4 is 10.2 Å². The monoisotopic (exact) mass is 378 g/mol. The Balaban J connectivity index is 1.69. The van der Waals surface area contributed by atoms with Crippen LogP contribution in [0.4, 0.5) is 0 Å². The number of amides is 1. The largest absolute Gasteiger partial charge is 0.494 e. The molecule has 1 saturated heterocycles. The van der Waals surface area contributed by atoms with Crippen LogP contribution in [0.25, 0.3) is 0 Å². The number of ether oxygens (including phenoxy) is 1. The highest BCUT2D eigenvalue weighted by Gasteiger charge is 2.21. The van der Waals surface area contributed by atoms with Gasteiger partial charge in [-0.25, -0.2) is 4.79 Å². The van der Waals surface area contributed by atoms with Gasteiger partial charge in [0.05, 0.1) is 13.2 Å². The molecular weight excluding hydrogens is 348 g/mol. The minimum Gasteiger partial charge on any atom is -0.494 e. The second-order valence-electron chi connectivity index (χ2n) is 6.89. The summed E-state index contributed by atoms with van der Waals surface area (Å²) in [5.41, 5.74) is 3.19. The van der Waals surface area contributed by atoms with Crippen molar-refractivity contribution in [1.82, 2.24) is 10.4 Å². The molecule has 1 aliphatic rings.